The Kier molecular flexibility index (Phi) is 10.3. The molecule has 5 atom stereocenters. The summed E-state index contributed by atoms with van der Waals surface area (Å²) in [6, 6.07) is 30.8. The highest BCUT2D eigenvalue weighted by molar-refractivity contribution is 14.1. The van der Waals surface area contributed by atoms with Crippen molar-refractivity contribution in [3.05, 3.63) is 96.6 Å². The Balaban J connectivity index is 1.44. The Morgan fingerprint density at radius 2 is 1.43 bits per heavy atom. The fourth-order valence-corrected chi connectivity index (χ4v) is 11.8. The van der Waals surface area contributed by atoms with Gasteiger partial charge in [-0.05, 0) is 21.8 Å². The summed E-state index contributed by atoms with van der Waals surface area (Å²) in [6.45, 7) is 7.55. The number of benzene rings is 3. The maximum Gasteiger partial charge on any atom is 0.266 e. The van der Waals surface area contributed by atoms with Gasteiger partial charge >= 0.3 is 0 Å². The Hall–Kier alpha value is -1.17. The van der Waals surface area contributed by atoms with Gasteiger partial charge in [-0.15, -0.1) is 0 Å². The maximum absolute atomic E-state index is 7.17. The summed E-state index contributed by atoms with van der Waals surface area (Å²) in [5.74, 6) is 0.0578. The highest BCUT2D eigenvalue weighted by atomic mass is 127. The van der Waals surface area contributed by atoms with Crippen LogP contribution in [0.5, 0.6) is 0 Å². The zero-order valence-corrected chi connectivity index (χ0v) is 29.2. The molecule has 0 spiro atoms. The molecule has 2 heterocycles. The van der Waals surface area contributed by atoms with Crippen molar-refractivity contribution in [2.45, 2.75) is 64.5 Å². The molecular weight excluding hydrogens is 724 g/mol. The average Bonchev–Trinajstić information content (AvgIpc) is 3.12. The molecule has 42 heavy (non-hydrogen) atoms. The zero-order valence-electron chi connectivity index (χ0n) is 23.8. The molecular formula is C32H35Cl3INO4Si. The highest BCUT2D eigenvalue weighted by Gasteiger charge is 2.51. The molecule has 2 aliphatic heterocycles. The number of nitrogens with zero attached hydrogens (tertiary/aromatic N) is 1. The number of rotatable bonds is 7. The van der Waals surface area contributed by atoms with E-state index in [0.29, 0.717) is 13.0 Å². The third-order valence-electron chi connectivity index (χ3n) is 7.75. The van der Waals surface area contributed by atoms with Crippen molar-refractivity contribution >= 4 is 82.0 Å². The summed E-state index contributed by atoms with van der Waals surface area (Å²) in [7, 11) is -2.72. The molecule has 10 heteroatoms. The van der Waals surface area contributed by atoms with Gasteiger partial charge in [0.05, 0.1) is 16.6 Å². The Labute approximate surface area is 278 Å². The molecule has 0 amide bonds. The van der Waals surface area contributed by atoms with Gasteiger partial charge in [0, 0.05) is 12.2 Å². The van der Waals surface area contributed by atoms with E-state index in [0.717, 1.165) is 5.56 Å². The molecule has 5 nitrogen and oxygen atoms in total. The lowest BCUT2D eigenvalue weighted by Crippen LogP contribution is -2.66. The number of aliphatic imine (C=N–C) groups is 1. The van der Waals surface area contributed by atoms with Gasteiger partial charge in [-0.2, -0.15) is 0 Å². The standard InChI is InChI=1S/C32H35Cl3INO4Si/c1-31(2,3)42(23-15-9-5-10-16-23,24-17-11-6-12-18-24)39-20-19-25-27(36)28-26(40-30(37-25)32(33,34)35)21-38-29(41-28)22-13-7-4-8-14-22/h4-18,25-29H,19-21H2,1-3H3/t25-,26-,27+,28+,29+/m1/s1. The summed E-state index contributed by atoms with van der Waals surface area (Å²) in [4.78, 5) is 4.87. The number of hydrogen-bond acceptors (Lipinski definition) is 5. The van der Waals surface area contributed by atoms with Crippen LogP contribution < -0.4 is 10.4 Å². The number of hydrogen-bond donors (Lipinski definition) is 0. The molecule has 0 saturated carbocycles. The second-order valence-electron chi connectivity index (χ2n) is 11.6. The van der Waals surface area contributed by atoms with E-state index in [1.807, 2.05) is 42.5 Å². The first-order chi connectivity index (χ1) is 20.0. The predicted octanol–water partition coefficient (Wildman–Crippen LogP) is 7.41. The van der Waals surface area contributed by atoms with Crippen molar-refractivity contribution in [3.63, 3.8) is 0 Å². The van der Waals surface area contributed by atoms with Crippen LogP contribution in [0.1, 0.15) is 39.0 Å². The van der Waals surface area contributed by atoms with Crippen LogP contribution in [0.3, 0.4) is 0 Å². The second kappa shape index (κ2) is 13.4. The molecule has 2 aliphatic rings. The van der Waals surface area contributed by atoms with E-state index < -0.39 is 24.5 Å². The molecule has 224 valence electrons. The van der Waals surface area contributed by atoms with Crippen LogP contribution in [-0.2, 0) is 18.6 Å². The number of halogens is 4. The van der Waals surface area contributed by atoms with E-state index in [-0.39, 0.29) is 33.6 Å². The van der Waals surface area contributed by atoms with Gasteiger partial charge in [0.25, 0.3) is 12.1 Å². The third kappa shape index (κ3) is 6.89. The van der Waals surface area contributed by atoms with Crippen LogP contribution in [-0.4, -0.2) is 53.4 Å². The molecule has 0 N–H and O–H groups in total. The molecule has 1 fully saturated rings. The number of fused-ring (bicyclic) bond motifs is 1. The summed E-state index contributed by atoms with van der Waals surface area (Å²) < 4.78 is 24.0. The van der Waals surface area contributed by atoms with Crippen molar-refractivity contribution in [1.82, 2.24) is 0 Å². The molecule has 3 aromatic carbocycles. The third-order valence-corrected chi connectivity index (χ3v) is 14.8. The Bertz CT molecular complexity index is 1300. The lowest BCUT2D eigenvalue weighted by Gasteiger charge is -2.43. The van der Waals surface area contributed by atoms with E-state index in [1.54, 1.807) is 0 Å². The first kappa shape index (κ1) is 32.2. The van der Waals surface area contributed by atoms with E-state index >= 15 is 0 Å². The SMILES string of the molecule is CC(C)(C)[Si](OCC[C@H]1N=C(C(Cl)(Cl)Cl)O[C@@H]2CO[C@H](c3ccccc3)O[C@@H]2[C@H]1I)(c1ccccc1)c1ccccc1. The molecule has 3 aromatic rings. The fourth-order valence-electron chi connectivity index (χ4n) is 5.79. The largest absolute Gasteiger partial charge is 0.469 e. The molecule has 0 aliphatic carbocycles. The molecule has 0 unspecified atom stereocenters. The zero-order chi connectivity index (χ0) is 30.0. The number of ether oxygens (including phenoxy) is 3. The Morgan fingerprint density at radius 3 is 1.95 bits per heavy atom. The van der Waals surface area contributed by atoms with Crippen LogP contribution in [0.15, 0.2) is 96.0 Å². The van der Waals surface area contributed by atoms with Gasteiger partial charge in [0.15, 0.2) is 12.4 Å². The quantitative estimate of drug-likeness (QED) is 0.143. The summed E-state index contributed by atoms with van der Waals surface area (Å²) in [6.07, 6.45) is -0.730. The van der Waals surface area contributed by atoms with E-state index in [1.165, 1.54) is 10.4 Å². The lowest BCUT2D eigenvalue weighted by molar-refractivity contribution is -0.251. The van der Waals surface area contributed by atoms with Crippen LogP contribution in [0.25, 0.3) is 0 Å². The highest BCUT2D eigenvalue weighted by Crippen LogP contribution is 2.40. The van der Waals surface area contributed by atoms with Crippen LogP contribution in [0, 0.1) is 0 Å². The van der Waals surface area contributed by atoms with Crippen molar-refractivity contribution < 1.29 is 18.6 Å². The molecule has 5 rings (SSSR count). The first-order valence-electron chi connectivity index (χ1n) is 14.0. The van der Waals surface area contributed by atoms with Crippen LogP contribution >= 0.6 is 57.4 Å². The van der Waals surface area contributed by atoms with E-state index in [2.05, 4.69) is 91.9 Å². The second-order valence-corrected chi connectivity index (χ2v) is 19.6. The van der Waals surface area contributed by atoms with Crippen molar-refractivity contribution in [2.75, 3.05) is 13.2 Å². The molecule has 0 bridgehead atoms. The summed E-state index contributed by atoms with van der Waals surface area (Å²) >= 11 is 21.4. The van der Waals surface area contributed by atoms with Crippen molar-refractivity contribution in [3.8, 4) is 0 Å². The first-order valence-corrected chi connectivity index (χ1v) is 18.3. The van der Waals surface area contributed by atoms with Gasteiger partial charge in [0.1, 0.15) is 6.10 Å². The normalized spacial score (nSPS) is 25.1. The van der Waals surface area contributed by atoms with Crippen LogP contribution in [0.4, 0.5) is 0 Å². The molecule has 0 aromatic heterocycles. The Morgan fingerprint density at radius 1 is 0.881 bits per heavy atom. The van der Waals surface area contributed by atoms with Crippen molar-refractivity contribution in [2.24, 2.45) is 4.99 Å². The lowest BCUT2D eigenvalue weighted by atomic mass is 10.0. The molecule has 0 radical (unpaired) electrons. The topological polar surface area (TPSA) is 49.3 Å². The van der Waals surface area contributed by atoms with Gasteiger partial charge in [-0.3, -0.25) is 0 Å². The minimum atomic E-state index is -2.72. The smallest absolute Gasteiger partial charge is 0.266 e. The predicted molar refractivity (Wildman–Crippen MR) is 182 cm³/mol. The monoisotopic (exact) mass is 757 g/mol. The fraction of sp³-hybridized carbons (Fsp3) is 0.406. The number of alkyl halides is 4. The van der Waals surface area contributed by atoms with Gasteiger partial charge in [0.2, 0.25) is 5.90 Å². The minimum absolute atomic E-state index is 0.0578. The van der Waals surface area contributed by atoms with E-state index in [4.69, 9.17) is 58.4 Å². The summed E-state index contributed by atoms with van der Waals surface area (Å²) in [5.41, 5.74) is 0.942. The van der Waals surface area contributed by atoms with Crippen LogP contribution in [0.2, 0.25) is 5.04 Å². The van der Waals surface area contributed by atoms with Gasteiger partial charge in [-0.1, -0.05) is 169 Å². The maximum atomic E-state index is 7.17. The molecule has 1 saturated heterocycles. The van der Waals surface area contributed by atoms with Gasteiger partial charge < -0.3 is 18.6 Å². The van der Waals surface area contributed by atoms with Crippen molar-refractivity contribution in [1.29, 1.82) is 0 Å². The summed E-state index contributed by atoms with van der Waals surface area (Å²) in [5, 5.41) is 2.31. The van der Waals surface area contributed by atoms with Gasteiger partial charge in [-0.25, -0.2) is 4.99 Å². The minimum Gasteiger partial charge on any atom is -0.469 e. The average molecular weight is 759 g/mol. The van der Waals surface area contributed by atoms with E-state index in [9.17, 15) is 0 Å².